The van der Waals surface area contributed by atoms with Crippen LogP contribution in [-0.4, -0.2) is 0 Å². The van der Waals surface area contributed by atoms with Crippen molar-refractivity contribution < 1.29 is 15.6 Å². The van der Waals surface area contributed by atoms with Crippen LogP contribution in [0.4, 0.5) is 0 Å². The molecule has 0 aliphatic rings. The van der Waals surface area contributed by atoms with E-state index in [1.54, 1.807) is 0 Å². The second-order valence-electron chi connectivity index (χ2n) is 1.08. The summed E-state index contributed by atoms with van der Waals surface area (Å²) in [5, 5.41) is 0. The molecule has 0 amide bonds. The Morgan fingerprint density at radius 3 is 1.62 bits per heavy atom. The summed E-state index contributed by atoms with van der Waals surface area (Å²) in [6.07, 6.45) is 0. The summed E-state index contributed by atoms with van der Waals surface area (Å²) >= 11 is 4.72. The number of halogens is 1. The van der Waals surface area contributed by atoms with Gasteiger partial charge in [-0.1, -0.05) is 0 Å². The molecule has 0 saturated heterocycles. The van der Waals surface area contributed by atoms with Crippen molar-refractivity contribution >= 4 is 19.5 Å². The average molecular weight is 310 g/mol. The maximum Gasteiger partial charge on any atom is -0.171 e. The van der Waals surface area contributed by atoms with Gasteiger partial charge in [-0.2, -0.15) is 36.4 Å². The van der Waals surface area contributed by atoms with Gasteiger partial charge in [0, 0.05) is 0 Å². The predicted octanol–water partition coefficient (Wildman–Crippen LogP) is 2.37. The normalized spacial score (nSPS) is 6.88. The third-order valence-electron chi connectivity index (χ3n) is 0.607. The van der Waals surface area contributed by atoms with Crippen LogP contribution in [0.3, 0.4) is 0 Å². The molecule has 0 heterocycles. The fourth-order valence-electron chi connectivity index (χ4n) is 0.342. The smallest absolute Gasteiger partial charge is 0.171 e. The van der Waals surface area contributed by atoms with E-state index in [0.29, 0.717) is 0 Å². The molecule has 1 aromatic rings. The fourth-order valence-corrected chi connectivity index (χ4v) is 0.342. The molecule has 0 unspecified atom stereocenters. The van der Waals surface area contributed by atoms with Gasteiger partial charge in [-0.05, 0) is 0 Å². The molecule has 1 aromatic carbocycles. The molecule has 1 rings (SSSR count). The largest absolute Gasteiger partial charge is 0.184 e. The maximum absolute atomic E-state index is 2.89. The molecule has 0 saturated carbocycles. The van der Waals surface area contributed by atoms with Crippen LogP contribution in [0.5, 0.6) is 0 Å². The molecule has 0 N–H and O–H groups in total. The van der Waals surface area contributed by atoms with Crippen LogP contribution >= 0.6 is 19.5 Å². The molecular weight excluding hydrogens is 305 g/mol. The van der Waals surface area contributed by atoms with Crippen LogP contribution in [0.1, 0.15) is 0 Å². The van der Waals surface area contributed by atoms with E-state index in [0.717, 1.165) is 0 Å². The van der Waals surface area contributed by atoms with Crippen LogP contribution in [-0.2, 0) is 15.6 Å². The second kappa shape index (κ2) is 7.61. The average Bonchev–Trinajstić information content (AvgIpc) is 1.96. The number of benzene rings is 1. The van der Waals surface area contributed by atoms with Gasteiger partial charge in [-0.25, -0.2) is 0 Å². The zero-order valence-corrected chi connectivity index (χ0v) is 7.79. The second-order valence-corrected chi connectivity index (χ2v) is 1.08. The summed E-state index contributed by atoms with van der Waals surface area (Å²) in [5.74, 6) is 0. The Morgan fingerprint density at radius 2 is 1.50 bits per heavy atom. The molecule has 2 heteroatoms. The van der Waals surface area contributed by atoms with E-state index in [1.807, 2.05) is 49.8 Å². The van der Waals surface area contributed by atoms with Gasteiger partial charge in [-0.15, -0.1) is 0 Å². The van der Waals surface area contributed by atoms with E-state index in [2.05, 4.69) is 21.7 Å². The number of hydrogen-bond donors (Lipinski definition) is 0. The van der Waals surface area contributed by atoms with Crippen molar-refractivity contribution in [3.63, 3.8) is 0 Å². The summed E-state index contributed by atoms with van der Waals surface area (Å²) < 4.78 is 0. The molecule has 46 valence electrons. The first-order valence-electron chi connectivity index (χ1n) is 2.03. The molecule has 0 aliphatic heterocycles. The molecule has 0 fully saturated rings. The van der Waals surface area contributed by atoms with Gasteiger partial charge < -0.3 is 0 Å². The van der Waals surface area contributed by atoms with Gasteiger partial charge >= 0.3 is 35.1 Å². The molecule has 0 atom stereocenters. The zero-order chi connectivity index (χ0) is 6.24. The number of rotatable bonds is 0. The van der Waals surface area contributed by atoms with Gasteiger partial charge in [0.2, 0.25) is 0 Å². The van der Waals surface area contributed by atoms with Crippen LogP contribution < -0.4 is 0 Å². The Hall–Kier alpha value is 0.612. The Morgan fingerprint density at radius 1 is 1.00 bits per heavy atom. The topological polar surface area (TPSA) is 0 Å². The van der Waals surface area contributed by atoms with Crippen LogP contribution in [0, 0.1) is 6.07 Å². The standard InChI is InChI=1S/C6H5.HI.Pd/c1-2-4-6-5-3-1;;/h1-5H;1H;/q-1;;+2/p-1. The van der Waals surface area contributed by atoms with Gasteiger partial charge in [0.05, 0.1) is 0 Å². The molecular formula is C6H5IPd. The minimum atomic E-state index is 1.88. The van der Waals surface area contributed by atoms with Gasteiger partial charge in [0.1, 0.15) is 0 Å². The SMILES string of the molecule is [Pd+][I].[c-]1ccccc1. The van der Waals surface area contributed by atoms with Crippen molar-refractivity contribution in [3.05, 3.63) is 36.4 Å². The molecule has 0 aromatic heterocycles. The quantitative estimate of drug-likeness (QED) is 0.392. The van der Waals surface area contributed by atoms with Crippen molar-refractivity contribution in [3.8, 4) is 0 Å². The predicted molar refractivity (Wildman–Crippen MR) is 39.3 cm³/mol. The summed E-state index contributed by atoms with van der Waals surface area (Å²) in [7, 11) is 0. The third-order valence-corrected chi connectivity index (χ3v) is 0.607. The minimum Gasteiger partial charge on any atom is -0.184 e. The molecule has 0 aliphatic carbocycles. The van der Waals surface area contributed by atoms with E-state index in [-0.39, 0.29) is 0 Å². The molecule has 0 nitrogen and oxygen atoms in total. The van der Waals surface area contributed by atoms with E-state index in [9.17, 15) is 0 Å². The fraction of sp³-hybridized carbons (Fsp3) is 0. The van der Waals surface area contributed by atoms with E-state index < -0.39 is 0 Å². The third kappa shape index (κ3) is 4.76. The van der Waals surface area contributed by atoms with Gasteiger partial charge in [0.25, 0.3) is 0 Å². The molecule has 0 spiro atoms. The van der Waals surface area contributed by atoms with E-state index in [1.165, 1.54) is 0 Å². The zero-order valence-electron chi connectivity index (χ0n) is 4.08. The first-order chi connectivity index (χ1) is 4.00. The van der Waals surface area contributed by atoms with Crippen molar-refractivity contribution in [2.24, 2.45) is 0 Å². The maximum atomic E-state index is 2.89. The Bertz CT molecular complexity index is 80.5. The van der Waals surface area contributed by atoms with Crippen molar-refractivity contribution in [2.75, 3.05) is 0 Å². The molecule has 0 radical (unpaired) electrons. The Labute approximate surface area is 71.1 Å². The van der Waals surface area contributed by atoms with Gasteiger partial charge in [0.15, 0.2) is 0 Å². The summed E-state index contributed by atoms with van der Waals surface area (Å²) in [6, 6.07) is 12.5. The van der Waals surface area contributed by atoms with Gasteiger partial charge in [-0.3, -0.25) is 0 Å². The van der Waals surface area contributed by atoms with Crippen LogP contribution in [0.25, 0.3) is 0 Å². The van der Waals surface area contributed by atoms with E-state index >= 15 is 0 Å². The summed E-state index contributed by atoms with van der Waals surface area (Å²) in [6.45, 7) is 0. The Kier molecular flexibility index (Phi) is 8.20. The first kappa shape index (κ1) is 8.61. The number of hydrogen-bond acceptors (Lipinski definition) is 0. The van der Waals surface area contributed by atoms with Crippen LogP contribution in [0.15, 0.2) is 30.3 Å². The summed E-state index contributed by atoms with van der Waals surface area (Å²) in [5.41, 5.74) is 0. The Balaban J connectivity index is 0.000000222. The van der Waals surface area contributed by atoms with Crippen LogP contribution in [0.2, 0.25) is 0 Å². The van der Waals surface area contributed by atoms with E-state index in [4.69, 9.17) is 0 Å². The van der Waals surface area contributed by atoms with Crippen molar-refractivity contribution in [1.29, 1.82) is 0 Å². The van der Waals surface area contributed by atoms with Crippen molar-refractivity contribution in [2.45, 2.75) is 0 Å². The monoisotopic (exact) mass is 310 g/mol. The minimum absolute atomic E-state index is 1.88. The molecule has 8 heavy (non-hydrogen) atoms. The first-order valence-corrected chi connectivity index (χ1v) is 6.65. The van der Waals surface area contributed by atoms with Crippen molar-refractivity contribution in [1.82, 2.24) is 0 Å². The molecule has 0 bridgehead atoms. The summed E-state index contributed by atoms with van der Waals surface area (Å²) in [4.78, 5) is 0.